The van der Waals surface area contributed by atoms with Gasteiger partial charge in [-0.2, -0.15) is 0 Å². The third-order valence-electron chi connectivity index (χ3n) is 1.86. The predicted molar refractivity (Wildman–Crippen MR) is 58.7 cm³/mol. The topological polar surface area (TPSA) is 72.2 Å². The molecule has 0 saturated carbocycles. The molecule has 2 rings (SSSR count). The third-order valence-corrected chi connectivity index (χ3v) is 3.63. The molecule has 0 saturated heterocycles. The van der Waals surface area contributed by atoms with Crippen molar-refractivity contribution >= 4 is 27.4 Å². The second kappa shape index (κ2) is 4.34. The van der Waals surface area contributed by atoms with Crippen LogP contribution in [0.2, 0.25) is 5.22 Å². The maximum Gasteiger partial charge on any atom is 0.267 e. The number of aromatic nitrogens is 1. The van der Waals surface area contributed by atoms with Gasteiger partial charge in [0.25, 0.3) is 10.0 Å². The minimum absolute atomic E-state index is 0.274. The Kier molecular flexibility index (Phi) is 3.03. The zero-order valence-corrected chi connectivity index (χ0v) is 9.80. The van der Waals surface area contributed by atoms with E-state index in [2.05, 4.69) is 9.40 Å². The summed E-state index contributed by atoms with van der Waals surface area (Å²) >= 11 is 5.53. The Morgan fingerprint density at radius 1 is 1.41 bits per heavy atom. The summed E-state index contributed by atoms with van der Waals surface area (Å²) < 4.78 is 43.4. The van der Waals surface area contributed by atoms with Crippen molar-refractivity contribution in [3.8, 4) is 0 Å². The fourth-order valence-electron chi connectivity index (χ4n) is 1.12. The first-order valence-electron chi connectivity index (χ1n) is 4.37. The van der Waals surface area contributed by atoms with Gasteiger partial charge in [-0.1, -0.05) is 0 Å². The fraction of sp³-hybridized carbons (Fsp3) is 0. The summed E-state index contributed by atoms with van der Waals surface area (Å²) in [6, 6.07) is 3.59. The molecule has 2 aromatic heterocycles. The molecule has 0 amide bonds. The Morgan fingerprint density at radius 2 is 2.18 bits per heavy atom. The Bertz CT molecular complexity index is 641. The lowest BCUT2D eigenvalue weighted by Crippen LogP contribution is -2.14. The van der Waals surface area contributed by atoms with Crippen molar-refractivity contribution in [1.82, 2.24) is 4.98 Å². The smallest absolute Gasteiger partial charge is 0.267 e. The molecule has 1 N–H and O–H groups in total. The van der Waals surface area contributed by atoms with Crippen LogP contribution in [-0.4, -0.2) is 13.4 Å². The first-order valence-corrected chi connectivity index (χ1v) is 6.23. The number of pyridine rings is 1. The van der Waals surface area contributed by atoms with Crippen molar-refractivity contribution in [1.29, 1.82) is 0 Å². The highest BCUT2D eigenvalue weighted by Crippen LogP contribution is 2.24. The maximum atomic E-state index is 13.2. The lowest BCUT2D eigenvalue weighted by atomic mass is 10.4. The minimum Gasteiger partial charge on any atom is -0.451 e. The van der Waals surface area contributed by atoms with Crippen LogP contribution in [0, 0.1) is 5.82 Å². The number of furan rings is 1. The second-order valence-electron chi connectivity index (χ2n) is 3.00. The van der Waals surface area contributed by atoms with E-state index >= 15 is 0 Å². The molecule has 0 fully saturated rings. The van der Waals surface area contributed by atoms with E-state index < -0.39 is 21.7 Å². The van der Waals surface area contributed by atoms with Crippen LogP contribution in [0.1, 0.15) is 0 Å². The van der Waals surface area contributed by atoms with Gasteiger partial charge in [-0.25, -0.2) is 17.8 Å². The van der Waals surface area contributed by atoms with Crippen molar-refractivity contribution < 1.29 is 17.2 Å². The third kappa shape index (κ3) is 2.40. The molecule has 0 atom stereocenters. The lowest BCUT2D eigenvalue weighted by Gasteiger charge is -2.05. The molecule has 2 aromatic rings. The summed E-state index contributed by atoms with van der Waals surface area (Å²) in [4.78, 5) is 3.29. The Morgan fingerprint density at radius 3 is 2.76 bits per heavy atom. The normalized spacial score (nSPS) is 11.4. The van der Waals surface area contributed by atoms with Crippen LogP contribution >= 0.6 is 11.6 Å². The highest BCUT2D eigenvalue weighted by molar-refractivity contribution is 7.92. The standard InChI is InChI=1S/C9H6ClFN2O3S/c10-8-7(3-5-16-8)17(14,15)13-9-6(11)2-1-4-12-9/h1-5H,(H,12,13). The number of sulfonamides is 1. The largest absolute Gasteiger partial charge is 0.451 e. The molecule has 0 unspecified atom stereocenters. The van der Waals surface area contributed by atoms with Crippen LogP contribution in [0.4, 0.5) is 10.2 Å². The highest BCUT2D eigenvalue weighted by Gasteiger charge is 2.22. The molecular weight excluding hydrogens is 271 g/mol. The van der Waals surface area contributed by atoms with E-state index in [-0.39, 0.29) is 10.1 Å². The van der Waals surface area contributed by atoms with Gasteiger partial charge in [0.2, 0.25) is 5.22 Å². The molecule has 0 spiro atoms. The fourth-order valence-corrected chi connectivity index (χ4v) is 2.55. The number of hydrogen-bond donors (Lipinski definition) is 1. The van der Waals surface area contributed by atoms with Crippen LogP contribution in [0.5, 0.6) is 0 Å². The summed E-state index contributed by atoms with van der Waals surface area (Å²) in [7, 11) is -4.00. The molecule has 0 radical (unpaired) electrons. The molecule has 17 heavy (non-hydrogen) atoms. The first kappa shape index (κ1) is 11.9. The van der Waals surface area contributed by atoms with E-state index in [4.69, 9.17) is 11.6 Å². The lowest BCUT2D eigenvalue weighted by molar-refractivity contribution is 0.559. The van der Waals surface area contributed by atoms with Gasteiger partial charge < -0.3 is 4.42 Å². The first-order chi connectivity index (χ1) is 8.00. The molecule has 0 bridgehead atoms. The molecule has 2 heterocycles. The summed E-state index contributed by atoms with van der Waals surface area (Å²) in [5.74, 6) is -1.18. The Balaban J connectivity index is 2.37. The summed E-state index contributed by atoms with van der Waals surface area (Å²) in [6.45, 7) is 0. The number of nitrogens with zero attached hydrogens (tertiary/aromatic N) is 1. The quantitative estimate of drug-likeness (QED) is 0.933. The summed E-state index contributed by atoms with van der Waals surface area (Å²) in [6.07, 6.45) is 2.38. The van der Waals surface area contributed by atoms with Crippen molar-refractivity contribution in [2.24, 2.45) is 0 Å². The van der Waals surface area contributed by atoms with Gasteiger partial charge in [0, 0.05) is 6.20 Å². The average Bonchev–Trinajstić information content (AvgIpc) is 2.68. The average molecular weight is 277 g/mol. The predicted octanol–water partition coefficient (Wildman–Crippen LogP) is 2.27. The van der Waals surface area contributed by atoms with Crippen LogP contribution in [0.25, 0.3) is 0 Å². The number of anilines is 1. The monoisotopic (exact) mass is 276 g/mol. The molecule has 0 aliphatic rings. The van der Waals surface area contributed by atoms with Crippen LogP contribution in [0.15, 0.2) is 40.0 Å². The number of nitrogens with one attached hydrogen (secondary N) is 1. The molecule has 0 aliphatic carbocycles. The van der Waals surface area contributed by atoms with Crippen LogP contribution in [-0.2, 0) is 10.0 Å². The van der Waals surface area contributed by atoms with E-state index in [1.165, 1.54) is 12.3 Å². The molecule has 5 nitrogen and oxygen atoms in total. The van der Waals surface area contributed by atoms with E-state index in [1.807, 2.05) is 4.72 Å². The van der Waals surface area contributed by atoms with E-state index in [0.29, 0.717) is 0 Å². The number of halogens is 2. The molecular formula is C9H6ClFN2O3S. The van der Waals surface area contributed by atoms with Crippen molar-refractivity contribution in [3.63, 3.8) is 0 Å². The summed E-state index contributed by atoms with van der Waals surface area (Å²) in [5.41, 5.74) is 0. The van der Waals surface area contributed by atoms with Gasteiger partial charge in [0.05, 0.1) is 6.26 Å². The Labute approximate surface area is 101 Å². The van der Waals surface area contributed by atoms with Crippen molar-refractivity contribution in [3.05, 3.63) is 41.7 Å². The Hall–Kier alpha value is -1.60. The van der Waals surface area contributed by atoms with E-state index in [1.54, 1.807) is 0 Å². The number of rotatable bonds is 3. The van der Waals surface area contributed by atoms with E-state index in [9.17, 15) is 12.8 Å². The second-order valence-corrected chi connectivity index (χ2v) is 4.99. The summed E-state index contributed by atoms with van der Waals surface area (Å²) in [5, 5.41) is -0.297. The minimum atomic E-state index is -4.00. The molecule has 0 aliphatic heterocycles. The van der Waals surface area contributed by atoms with Gasteiger partial charge in [0.15, 0.2) is 11.6 Å². The SMILES string of the molecule is O=S(=O)(Nc1ncccc1F)c1ccoc1Cl. The maximum absolute atomic E-state index is 13.2. The zero-order chi connectivity index (χ0) is 12.5. The van der Waals surface area contributed by atoms with Gasteiger partial charge in [-0.05, 0) is 29.8 Å². The van der Waals surface area contributed by atoms with Gasteiger partial charge in [0.1, 0.15) is 4.90 Å². The number of hydrogen-bond acceptors (Lipinski definition) is 4. The highest BCUT2D eigenvalue weighted by atomic mass is 35.5. The van der Waals surface area contributed by atoms with E-state index in [0.717, 1.165) is 18.4 Å². The van der Waals surface area contributed by atoms with Gasteiger partial charge in [-0.3, -0.25) is 4.72 Å². The molecule has 90 valence electrons. The van der Waals surface area contributed by atoms with Crippen LogP contribution < -0.4 is 4.72 Å². The van der Waals surface area contributed by atoms with Crippen molar-refractivity contribution in [2.75, 3.05) is 4.72 Å². The molecule has 0 aromatic carbocycles. The van der Waals surface area contributed by atoms with Gasteiger partial charge in [-0.15, -0.1) is 0 Å². The van der Waals surface area contributed by atoms with Crippen LogP contribution in [0.3, 0.4) is 0 Å². The van der Waals surface area contributed by atoms with Gasteiger partial charge >= 0.3 is 0 Å². The zero-order valence-electron chi connectivity index (χ0n) is 8.22. The van der Waals surface area contributed by atoms with Crippen molar-refractivity contribution in [2.45, 2.75) is 4.90 Å². The molecule has 8 heteroatoms.